The molecule has 0 aliphatic heterocycles. The topological polar surface area (TPSA) is 9.23 Å². The fourth-order valence-corrected chi connectivity index (χ4v) is 3.07. The van der Waals surface area contributed by atoms with E-state index < -0.39 is 0 Å². The Morgan fingerprint density at radius 2 is 1.81 bits per heavy atom. The molecule has 2 aliphatic rings. The van der Waals surface area contributed by atoms with Crippen LogP contribution in [0.1, 0.15) is 58.3 Å². The van der Waals surface area contributed by atoms with Crippen LogP contribution in [0.25, 0.3) is 0 Å². The summed E-state index contributed by atoms with van der Waals surface area (Å²) in [6.45, 7) is 2.27. The van der Waals surface area contributed by atoms with Crippen LogP contribution in [0.2, 0.25) is 0 Å². The van der Waals surface area contributed by atoms with Crippen molar-refractivity contribution in [2.75, 3.05) is 7.11 Å². The summed E-state index contributed by atoms with van der Waals surface area (Å²) >= 11 is 0. The molecule has 0 saturated carbocycles. The first kappa shape index (κ1) is 11.9. The lowest BCUT2D eigenvalue weighted by molar-refractivity contribution is 0.0356. The predicted molar refractivity (Wildman–Crippen MR) is 68.5 cm³/mol. The normalized spacial score (nSPS) is 33.6. The Bertz CT molecular complexity index is 301. The summed E-state index contributed by atoms with van der Waals surface area (Å²) in [5.41, 5.74) is 3.29. The van der Waals surface area contributed by atoms with Gasteiger partial charge in [0.15, 0.2) is 0 Å². The van der Waals surface area contributed by atoms with Gasteiger partial charge in [0.2, 0.25) is 0 Å². The van der Waals surface area contributed by atoms with Crippen molar-refractivity contribution in [3.8, 4) is 0 Å². The Balaban J connectivity index is 2.32. The van der Waals surface area contributed by atoms with E-state index >= 15 is 0 Å². The molecule has 0 amide bonds. The molecule has 1 atom stereocenters. The van der Waals surface area contributed by atoms with Gasteiger partial charge >= 0.3 is 0 Å². The number of hydrogen-bond donors (Lipinski definition) is 0. The highest BCUT2D eigenvalue weighted by Gasteiger charge is 2.31. The average Bonchev–Trinajstić information content (AvgIpc) is 2.40. The summed E-state index contributed by atoms with van der Waals surface area (Å²) in [5, 5.41) is 0. The van der Waals surface area contributed by atoms with Crippen molar-refractivity contribution in [2.45, 2.75) is 63.9 Å². The summed E-state index contributed by atoms with van der Waals surface area (Å²) in [6, 6.07) is 0. The Morgan fingerprint density at radius 1 is 1.06 bits per heavy atom. The van der Waals surface area contributed by atoms with E-state index in [0.29, 0.717) is 0 Å². The quantitative estimate of drug-likeness (QED) is 0.595. The number of rotatable bonds is 1. The van der Waals surface area contributed by atoms with E-state index in [1.165, 1.54) is 44.9 Å². The third kappa shape index (κ3) is 2.40. The number of allylic oxidation sites excluding steroid dienone is 2. The highest BCUT2D eigenvalue weighted by atomic mass is 16.5. The minimum Gasteiger partial charge on any atom is -0.374 e. The van der Waals surface area contributed by atoms with E-state index in [9.17, 15) is 0 Å². The molecule has 0 aromatic heterocycles. The van der Waals surface area contributed by atoms with Crippen LogP contribution in [-0.4, -0.2) is 12.7 Å². The van der Waals surface area contributed by atoms with Crippen molar-refractivity contribution in [2.24, 2.45) is 0 Å². The third-order valence-corrected chi connectivity index (χ3v) is 4.19. The molecule has 0 bridgehead atoms. The van der Waals surface area contributed by atoms with Crippen LogP contribution in [0.5, 0.6) is 0 Å². The molecule has 1 unspecified atom stereocenters. The van der Waals surface area contributed by atoms with Gasteiger partial charge in [-0.3, -0.25) is 0 Å². The number of hydrogen-bond acceptors (Lipinski definition) is 1. The van der Waals surface area contributed by atoms with Gasteiger partial charge in [-0.2, -0.15) is 0 Å². The molecule has 90 valence electrons. The first-order valence-electron chi connectivity index (χ1n) is 6.68. The molecule has 0 N–H and O–H groups in total. The largest absolute Gasteiger partial charge is 0.374 e. The van der Waals surface area contributed by atoms with Crippen molar-refractivity contribution in [1.82, 2.24) is 0 Å². The molecule has 0 fully saturated rings. The summed E-state index contributed by atoms with van der Waals surface area (Å²) < 4.78 is 5.83. The Kier molecular flexibility index (Phi) is 3.86. The molecular formula is C15H24O. The highest BCUT2D eigenvalue weighted by Crippen LogP contribution is 2.39. The Hall–Kier alpha value is -0.560. The van der Waals surface area contributed by atoms with Gasteiger partial charge in [0, 0.05) is 7.11 Å². The van der Waals surface area contributed by atoms with Crippen LogP contribution in [-0.2, 0) is 4.74 Å². The van der Waals surface area contributed by atoms with Gasteiger partial charge < -0.3 is 4.74 Å². The lowest BCUT2D eigenvalue weighted by Crippen LogP contribution is -2.31. The van der Waals surface area contributed by atoms with Crippen molar-refractivity contribution in [3.63, 3.8) is 0 Å². The van der Waals surface area contributed by atoms with Gasteiger partial charge in [-0.1, -0.05) is 17.7 Å². The van der Waals surface area contributed by atoms with Gasteiger partial charge in [-0.15, -0.1) is 0 Å². The Morgan fingerprint density at radius 3 is 2.62 bits per heavy atom. The molecule has 2 rings (SSSR count). The lowest BCUT2D eigenvalue weighted by atomic mass is 9.79. The fourth-order valence-electron chi connectivity index (χ4n) is 3.07. The van der Waals surface area contributed by atoms with Gasteiger partial charge in [-0.25, -0.2) is 0 Å². The second-order valence-electron chi connectivity index (χ2n) is 5.29. The van der Waals surface area contributed by atoms with E-state index in [1.807, 2.05) is 7.11 Å². The molecule has 2 aliphatic carbocycles. The summed E-state index contributed by atoms with van der Waals surface area (Å²) in [7, 11) is 1.87. The molecule has 0 aromatic carbocycles. The van der Waals surface area contributed by atoms with Crippen molar-refractivity contribution >= 4 is 0 Å². The molecule has 1 nitrogen and oxygen atoms in total. The minimum atomic E-state index is -0.0312. The Labute approximate surface area is 99.6 Å². The zero-order valence-electron chi connectivity index (χ0n) is 10.7. The van der Waals surface area contributed by atoms with Gasteiger partial charge in [0.1, 0.15) is 0 Å². The van der Waals surface area contributed by atoms with Gasteiger partial charge in [0.25, 0.3) is 0 Å². The summed E-state index contributed by atoms with van der Waals surface area (Å²) in [5.74, 6) is 0. The zero-order chi connectivity index (χ0) is 11.4. The number of ether oxygens (including phenoxy) is 1. The van der Waals surface area contributed by atoms with Crippen molar-refractivity contribution in [3.05, 3.63) is 23.3 Å². The van der Waals surface area contributed by atoms with E-state index in [-0.39, 0.29) is 5.60 Å². The van der Waals surface area contributed by atoms with Crippen LogP contribution in [0.3, 0.4) is 0 Å². The van der Waals surface area contributed by atoms with Crippen LogP contribution in [0.4, 0.5) is 0 Å². The minimum absolute atomic E-state index is 0.0312. The van der Waals surface area contributed by atoms with E-state index in [4.69, 9.17) is 4.74 Å². The molecule has 0 aromatic rings. The second-order valence-corrected chi connectivity index (χ2v) is 5.29. The van der Waals surface area contributed by atoms with Gasteiger partial charge in [0.05, 0.1) is 5.60 Å². The fraction of sp³-hybridized carbons (Fsp3) is 0.733. The van der Waals surface area contributed by atoms with Gasteiger partial charge in [-0.05, 0) is 63.9 Å². The number of methoxy groups -OCH3 is 1. The second kappa shape index (κ2) is 5.18. The first-order chi connectivity index (χ1) is 7.76. The average molecular weight is 220 g/mol. The van der Waals surface area contributed by atoms with E-state index in [2.05, 4.69) is 19.1 Å². The van der Waals surface area contributed by atoms with Crippen LogP contribution in [0, 0.1) is 0 Å². The highest BCUT2D eigenvalue weighted by molar-refractivity contribution is 5.27. The molecule has 1 heteroatoms. The maximum atomic E-state index is 5.83. The SMILES string of the molecule is COC1(C)C/C=C\CCCC2=C1CCCC2. The molecule has 16 heavy (non-hydrogen) atoms. The monoisotopic (exact) mass is 220 g/mol. The molecule has 0 saturated heterocycles. The maximum absolute atomic E-state index is 5.83. The van der Waals surface area contributed by atoms with E-state index in [1.54, 1.807) is 11.1 Å². The van der Waals surface area contributed by atoms with E-state index in [0.717, 1.165) is 6.42 Å². The zero-order valence-corrected chi connectivity index (χ0v) is 10.7. The lowest BCUT2D eigenvalue weighted by Gasteiger charge is -2.35. The molecule has 0 heterocycles. The summed E-state index contributed by atoms with van der Waals surface area (Å²) in [6.07, 6.45) is 14.8. The summed E-state index contributed by atoms with van der Waals surface area (Å²) in [4.78, 5) is 0. The standard InChI is InChI=1S/C15H24O/c1-15(16-2)12-8-4-3-5-9-13-10-6-7-11-14(13)15/h4,8H,3,5-7,9-12H2,1-2H3/b8-4-. The first-order valence-corrected chi connectivity index (χ1v) is 6.68. The van der Waals surface area contributed by atoms with Crippen LogP contribution >= 0.6 is 0 Å². The van der Waals surface area contributed by atoms with Crippen LogP contribution < -0.4 is 0 Å². The predicted octanol–water partition coefficient (Wildman–Crippen LogP) is 4.39. The molecule has 0 spiro atoms. The third-order valence-electron chi connectivity index (χ3n) is 4.19. The molecular weight excluding hydrogens is 196 g/mol. The van der Waals surface area contributed by atoms with Crippen molar-refractivity contribution in [1.29, 1.82) is 0 Å². The van der Waals surface area contributed by atoms with Crippen molar-refractivity contribution < 1.29 is 4.74 Å². The maximum Gasteiger partial charge on any atom is 0.0896 e. The van der Waals surface area contributed by atoms with Crippen LogP contribution in [0.15, 0.2) is 23.3 Å². The smallest absolute Gasteiger partial charge is 0.0896 e. The molecule has 0 radical (unpaired) electrons.